The summed E-state index contributed by atoms with van der Waals surface area (Å²) in [6, 6.07) is 15.8. The summed E-state index contributed by atoms with van der Waals surface area (Å²) >= 11 is 1.19. The standard InChI is InChI=1S/C27H33N5O4S/c28-19-24(27(34)32-12-16-36-17-13-32)26(29-8-3-9-31-10-14-35-15-11-31)37-20-25(33)30-23-7-6-21-4-1-2-5-22(21)18-23/h1-2,4-7,18,29H,3,8-17,20H2,(H,30,33)/b26-24+. The number of amides is 2. The topological polar surface area (TPSA) is 107 Å². The van der Waals surface area contributed by atoms with Gasteiger partial charge >= 0.3 is 0 Å². The van der Waals surface area contributed by atoms with Crippen LogP contribution in [0.1, 0.15) is 6.42 Å². The third-order valence-corrected chi connectivity index (χ3v) is 7.32. The number of nitrogens with zero attached hydrogens (tertiary/aromatic N) is 3. The molecule has 37 heavy (non-hydrogen) atoms. The largest absolute Gasteiger partial charge is 0.379 e. The Hall–Kier alpha value is -3.10. The molecular formula is C27H33N5O4S. The quantitative estimate of drug-likeness (QED) is 0.278. The van der Waals surface area contributed by atoms with Crippen molar-refractivity contribution in [1.29, 1.82) is 5.26 Å². The van der Waals surface area contributed by atoms with Crippen molar-refractivity contribution in [3.63, 3.8) is 0 Å². The maximum Gasteiger partial charge on any atom is 0.267 e. The molecule has 0 saturated carbocycles. The van der Waals surface area contributed by atoms with Gasteiger partial charge in [0.15, 0.2) is 0 Å². The lowest BCUT2D eigenvalue weighted by Gasteiger charge is -2.27. The zero-order valence-electron chi connectivity index (χ0n) is 20.9. The Labute approximate surface area is 221 Å². The SMILES string of the molecule is N#C/C(C(=O)N1CCOCC1)=C(/NCCCN1CCOCC1)SCC(=O)Nc1ccc2ccccc2c1. The molecule has 0 radical (unpaired) electrons. The zero-order valence-corrected chi connectivity index (χ0v) is 21.7. The number of hydrogen-bond acceptors (Lipinski definition) is 8. The number of nitriles is 1. The molecule has 2 N–H and O–H groups in total. The van der Waals surface area contributed by atoms with Crippen molar-refractivity contribution in [2.75, 3.05) is 76.8 Å². The lowest BCUT2D eigenvalue weighted by atomic mass is 10.1. The number of hydrogen-bond donors (Lipinski definition) is 2. The lowest BCUT2D eigenvalue weighted by molar-refractivity contribution is -0.130. The van der Waals surface area contributed by atoms with Crippen molar-refractivity contribution in [1.82, 2.24) is 15.1 Å². The summed E-state index contributed by atoms with van der Waals surface area (Å²) < 4.78 is 10.7. The average Bonchev–Trinajstić information content (AvgIpc) is 2.94. The predicted molar refractivity (Wildman–Crippen MR) is 145 cm³/mol. The molecule has 2 heterocycles. The maximum atomic E-state index is 13.1. The van der Waals surface area contributed by atoms with E-state index in [4.69, 9.17) is 9.47 Å². The van der Waals surface area contributed by atoms with Crippen LogP contribution in [0.3, 0.4) is 0 Å². The fraction of sp³-hybridized carbons (Fsp3) is 0.444. The van der Waals surface area contributed by atoms with Crippen LogP contribution in [0.25, 0.3) is 10.8 Å². The molecule has 2 aliphatic rings. The van der Waals surface area contributed by atoms with Crippen LogP contribution in [-0.2, 0) is 19.1 Å². The van der Waals surface area contributed by atoms with Gasteiger partial charge in [0.1, 0.15) is 11.6 Å². The van der Waals surface area contributed by atoms with E-state index in [1.807, 2.05) is 42.5 Å². The molecule has 0 aliphatic carbocycles. The zero-order chi connectivity index (χ0) is 25.9. The second-order valence-corrected chi connectivity index (χ2v) is 9.84. The van der Waals surface area contributed by atoms with Gasteiger partial charge in [-0.25, -0.2) is 0 Å². The van der Waals surface area contributed by atoms with Gasteiger partial charge < -0.3 is 25.0 Å². The van der Waals surface area contributed by atoms with Gasteiger partial charge in [-0.2, -0.15) is 5.26 Å². The highest BCUT2D eigenvalue weighted by atomic mass is 32.2. The molecule has 2 fully saturated rings. The van der Waals surface area contributed by atoms with Crippen molar-refractivity contribution in [2.24, 2.45) is 0 Å². The number of carbonyl (C=O) groups is 2. The number of carbonyl (C=O) groups excluding carboxylic acids is 2. The molecule has 9 nitrogen and oxygen atoms in total. The number of fused-ring (bicyclic) bond motifs is 1. The van der Waals surface area contributed by atoms with Crippen molar-refractivity contribution in [2.45, 2.75) is 6.42 Å². The van der Waals surface area contributed by atoms with Gasteiger partial charge in [0.2, 0.25) is 5.91 Å². The van der Waals surface area contributed by atoms with E-state index in [1.165, 1.54) is 11.8 Å². The second-order valence-electron chi connectivity index (χ2n) is 8.85. The summed E-state index contributed by atoms with van der Waals surface area (Å²) in [7, 11) is 0. The molecule has 2 aromatic carbocycles. The summed E-state index contributed by atoms with van der Waals surface area (Å²) in [5.41, 5.74) is 0.745. The third kappa shape index (κ3) is 7.94. The minimum atomic E-state index is -0.330. The van der Waals surface area contributed by atoms with Gasteiger partial charge in [0.05, 0.1) is 37.2 Å². The lowest BCUT2D eigenvalue weighted by Crippen LogP contribution is -2.42. The van der Waals surface area contributed by atoms with Crippen LogP contribution >= 0.6 is 11.8 Å². The van der Waals surface area contributed by atoms with E-state index in [1.54, 1.807) is 4.90 Å². The first-order valence-corrected chi connectivity index (χ1v) is 13.6. The summed E-state index contributed by atoms with van der Waals surface area (Å²) in [5.74, 6) is -0.465. The molecule has 2 aliphatic heterocycles. The highest BCUT2D eigenvalue weighted by Crippen LogP contribution is 2.22. The van der Waals surface area contributed by atoms with E-state index in [0.29, 0.717) is 43.6 Å². The third-order valence-electron chi connectivity index (χ3n) is 6.27. The number of morpholine rings is 2. The number of anilines is 1. The Morgan fingerprint density at radius 2 is 1.68 bits per heavy atom. The molecule has 0 atom stereocenters. The van der Waals surface area contributed by atoms with E-state index in [-0.39, 0.29) is 23.1 Å². The Balaban J connectivity index is 1.39. The van der Waals surface area contributed by atoms with Gasteiger partial charge in [0.25, 0.3) is 5.91 Å². The van der Waals surface area contributed by atoms with Crippen LogP contribution in [0, 0.1) is 11.3 Å². The average molecular weight is 524 g/mol. The van der Waals surface area contributed by atoms with E-state index in [2.05, 4.69) is 21.6 Å². The Morgan fingerprint density at radius 1 is 0.973 bits per heavy atom. The fourth-order valence-electron chi connectivity index (χ4n) is 4.26. The highest BCUT2D eigenvalue weighted by Gasteiger charge is 2.24. The van der Waals surface area contributed by atoms with Crippen LogP contribution in [-0.4, -0.2) is 93.1 Å². The summed E-state index contributed by atoms with van der Waals surface area (Å²) in [4.78, 5) is 29.9. The highest BCUT2D eigenvalue weighted by molar-refractivity contribution is 8.03. The summed E-state index contributed by atoms with van der Waals surface area (Å²) in [5, 5.41) is 18.7. The first-order valence-electron chi connectivity index (χ1n) is 12.6. The molecule has 10 heteroatoms. The van der Waals surface area contributed by atoms with Crippen molar-refractivity contribution in [3.8, 4) is 6.07 Å². The van der Waals surface area contributed by atoms with Crippen molar-refractivity contribution >= 4 is 40.0 Å². The summed E-state index contributed by atoms with van der Waals surface area (Å²) in [6.45, 7) is 6.59. The summed E-state index contributed by atoms with van der Waals surface area (Å²) in [6.07, 6.45) is 0.845. The van der Waals surface area contributed by atoms with Gasteiger partial charge in [-0.1, -0.05) is 42.1 Å². The molecule has 0 aromatic heterocycles. The van der Waals surface area contributed by atoms with Crippen LogP contribution in [0.15, 0.2) is 53.1 Å². The van der Waals surface area contributed by atoms with Crippen LogP contribution in [0.4, 0.5) is 5.69 Å². The molecule has 0 spiro atoms. The van der Waals surface area contributed by atoms with Gasteiger partial charge in [-0.05, 0) is 35.9 Å². The number of thioether (sulfide) groups is 1. The van der Waals surface area contributed by atoms with Crippen LogP contribution < -0.4 is 10.6 Å². The van der Waals surface area contributed by atoms with Gasteiger partial charge in [-0.15, -0.1) is 0 Å². The first-order chi connectivity index (χ1) is 18.1. The smallest absolute Gasteiger partial charge is 0.267 e. The molecular weight excluding hydrogens is 490 g/mol. The molecule has 2 aromatic rings. The molecule has 0 unspecified atom stereocenters. The molecule has 2 amide bonds. The van der Waals surface area contributed by atoms with E-state index >= 15 is 0 Å². The van der Waals surface area contributed by atoms with Crippen LogP contribution in [0.5, 0.6) is 0 Å². The molecule has 4 rings (SSSR count). The fourth-order valence-corrected chi connectivity index (χ4v) is 5.09. The predicted octanol–water partition coefficient (Wildman–Crippen LogP) is 2.42. The Morgan fingerprint density at radius 3 is 2.41 bits per heavy atom. The molecule has 0 bridgehead atoms. The van der Waals surface area contributed by atoms with Gasteiger partial charge in [-0.3, -0.25) is 14.5 Å². The number of benzene rings is 2. The number of nitrogens with one attached hydrogen (secondary N) is 2. The Bertz CT molecular complexity index is 1150. The normalized spacial score (nSPS) is 17.1. The van der Waals surface area contributed by atoms with Crippen molar-refractivity contribution < 1.29 is 19.1 Å². The number of ether oxygens (including phenoxy) is 2. The minimum Gasteiger partial charge on any atom is -0.379 e. The van der Waals surface area contributed by atoms with E-state index in [9.17, 15) is 14.9 Å². The van der Waals surface area contributed by atoms with E-state index < -0.39 is 0 Å². The molecule has 196 valence electrons. The van der Waals surface area contributed by atoms with Gasteiger partial charge in [0, 0.05) is 38.4 Å². The maximum absolute atomic E-state index is 13.1. The van der Waals surface area contributed by atoms with Crippen LogP contribution in [0.2, 0.25) is 0 Å². The minimum absolute atomic E-state index is 0.0387. The van der Waals surface area contributed by atoms with E-state index in [0.717, 1.165) is 50.0 Å². The first kappa shape index (κ1) is 26.9. The van der Waals surface area contributed by atoms with Crippen molar-refractivity contribution in [3.05, 3.63) is 53.1 Å². The number of rotatable bonds is 10. The Kier molecular flexibility index (Phi) is 10.2. The molecule has 2 saturated heterocycles. The second kappa shape index (κ2) is 14.0. The monoisotopic (exact) mass is 523 g/mol.